The molecule has 156 valence electrons. The van der Waals surface area contributed by atoms with Gasteiger partial charge in [-0.2, -0.15) is 4.98 Å². The molecule has 0 aliphatic rings. The van der Waals surface area contributed by atoms with E-state index in [2.05, 4.69) is 15.1 Å². The normalized spacial score (nSPS) is 11.9. The lowest BCUT2D eigenvalue weighted by molar-refractivity contribution is 0.407. The van der Waals surface area contributed by atoms with Gasteiger partial charge in [0.15, 0.2) is 0 Å². The molecule has 4 aromatic rings. The zero-order chi connectivity index (χ0) is 22.0. The minimum absolute atomic E-state index is 0.0251. The highest BCUT2D eigenvalue weighted by atomic mass is 19.1. The molecule has 0 unspecified atom stereocenters. The zero-order valence-electron chi connectivity index (χ0n) is 15.8. The van der Waals surface area contributed by atoms with E-state index in [4.69, 9.17) is 16.1 Å². The molecule has 0 spiro atoms. The van der Waals surface area contributed by atoms with Crippen LogP contribution in [0.15, 0.2) is 71.5 Å². The summed E-state index contributed by atoms with van der Waals surface area (Å²) in [6, 6.07) is 12.3. The summed E-state index contributed by atoms with van der Waals surface area (Å²) in [6.45, 7) is 0. The van der Waals surface area contributed by atoms with Gasteiger partial charge in [0.1, 0.15) is 23.1 Å². The minimum atomic E-state index is -0.865. The number of hydrogen-bond donors (Lipinski definition) is 2. The lowest BCUT2D eigenvalue weighted by Crippen LogP contribution is -2.32. The van der Waals surface area contributed by atoms with E-state index >= 15 is 0 Å². The van der Waals surface area contributed by atoms with Gasteiger partial charge in [0, 0.05) is 18.0 Å². The highest BCUT2D eigenvalue weighted by molar-refractivity contribution is 5.93. The highest BCUT2D eigenvalue weighted by Gasteiger charge is 2.23. The molecular weight excluding hydrogens is 409 g/mol. The number of hydrazine groups is 1. The van der Waals surface area contributed by atoms with Crippen LogP contribution in [0.2, 0.25) is 0 Å². The zero-order valence-corrected chi connectivity index (χ0v) is 15.8. The van der Waals surface area contributed by atoms with Crippen molar-refractivity contribution in [3.8, 4) is 11.4 Å². The Hall–Kier alpha value is -4.18. The number of pyridine rings is 1. The topological polar surface area (TPSA) is 107 Å². The molecule has 2 aromatic heterocycles. The van der Waals surface area contributed by atoms with E-state index in [9.17, 15) is 13.2 Å². The van der Waals surface area contributed by atoms with Gasteiger partial charge >= 0.3 is 0 Å². The summed E-state index contributed by atoms with van der Waals surface area (Å²) in [5.74, 6) is 3.29. The Bertz CT molecular complexity index is 1240. The maximum atomic E-state index is 14.4. The van der Waals surface area contributed by atoms with Crippen LogP contribution in [0.3, 0.4) is 0 Å². The molecular formula is C21H15F3N6O. The maximum Gasteiger partial charge on any atom is 0.276 e. The molecule has 2 heterocycles. The second kappa shape index (κ2) is 8.28. The number of hydrogen-bond acceptors (Lipinski definition) is 7. The molecule has 0 saturated carbocycles. The van der Waals surface area contributed by atoms with Crippen LogP contribution in [-0.2, 0) is 0 Å². The van der Waals surface area contributed by atoms with Crippen LogP contribution in [0.4, 0.5) is 18.9 Å². The molecule has 4 rings (SSSR count). The predicted molar refractivity (Wildman–Crippen MR) is 108 cm³/mol. The number of halogens is 3. The van der Waals surface area contributed by atoms with E-state index in [0.717, 1.165) is 17.1 Å². The highest BCUT2D eigenvalue weighted by Crippen LogP contribution is 2.30. The third-order valence-electron chi connectivity index (χ3n) is 4.40. The van der Waals surface area contributed by atoms with Crippen molar-refractivity contribution in [3.63, 3.8) is 0 Å². The molecule has 0 atom stereocenters. The van der Waals surface area contributed by atoms with Crippen molar-refractivity contribution in [2.24, 2.45) is 11.6 Å². The number of nitrogens with two attached hydrogens (primary N) is 2. The first kappa shape index (κ1) is 20.1. The third-order valence-corrected chi connectivity index (χ3v) is 4.40. The number of aromatic nitrogens is 3. The molecule has 0 fully saturated rings. The fourth-order valence-corrected chi connectivity index (χ4v) is 2.95. The standard InChI is InChI=1S/C21H15F3N6O/c22-13-4-1-2-7-16(13)30(26)19(12-8-10-27-11-9-12)18(25)21-28-20(29-31-21)17-14(23)5-3-6-15(17)24/h1-11H,25-26H2/b19-18-. The Balaban J connectivity index is 1.86. The van der Waals surface area contributed by atoms with E-state index in [1.165, 1.54) is 36.7 Å². The molecule has 0 aliphatic heterocycles. The van der Waals surface area contributed by atoms with Crippen molar-refractivity contribution >= 4 is 17.1 Å². The summed E-state index contributed by atoms with van der Waals surface area (Å²) < 4.78 is 47.7. The van der Waals surface area contributed by atoms with Crippen LogP contribution in [-0.4, -0.2) is 15.1 Å². The first-order chi connectivity index (χ1) is 15.0. The summed E-state index contributed by atoms with van der Waals surface area (Å²) in [7, 11) is 0. The van der Waals surface area contributed by atoms with Crippen molar-refractivity contribution in [1.82, 2.24) is 15.1 Å². The van der Waals surface area contributed by atoms with Crippen LogP contribution in [0.25, 0.3) is 22.8 Å². The van der Waals surface area contributed by atoms with Gasteiger partial charge in [0.25, 0.3) is 5.89 Å². The molecule has 2 aromatic carbocycles. The van der Waals surface area contributed by atoms with Crippen molar-refractivity contribution < 1.29 is 17.7 Å². The summed E-state index contributed by atoms with van der Waals surface area (Å²) >= 11 is 0. The Kier molecular flexibility index (Phi) is 5.37. The smallest absolute Gasteiger partial charge is 0.276 e. The van der Waals surface area contributed by atoms with E-state index in [1.54, 1.807) is 18.2 Å². The monoisotopic (exact) mass is 424 g/mol. The summed E-state index contributed by atoms with van der Waals surface area (Å²) in [5.41, 5.74) is 6.28. The largest absolute Gasteiger partial charge is 0.392 e. The van der Waals surface area contributed by atoms with Crippen molar-refractivity contribution in [2.75, 3.05) is 5.01 Å². The average molecular weight is 424 g/mol. The van der Waals surface area contributed by atoms with E-state index in [-0.39, 0.29) is 28.8 Å². The molecule has 0 radical (unpaired) electrons. The Morgan fingerprint density at radius 1 is 0.871 bits per heavy atom. The van der Waals surface area contributed by atoms with Gasteiger partial charge in [-0.15, -0.1) is 0 Å². The number of para-hydroxylation sites is 1. The van der Waals surface area contributed by atoms with Gasteiger partial charge in [-0.1, -0.05) is 23.4 Å². The number of nitrogens with zero attached hydrogens (tertiary/aromatic N) is 4. The van der Waals surface area contributed by atoms with Gasteiger partial charge in [-0.05, 0) is 36.4 Å². The number of anilines is 1. The predicted octanol–water partition coefficient (Wildman–Crippen LogP) is 3.71. The molecule has 31 heavy (non-hydrogen) atoms. The van der Waals surface area contributed by atoms with Crippen LogP contribution in [0, 0.1) is 17.5 Å². The van der Waals surface area contributed by atoms with Crippen LogP contribution >= 0.6 is 0 Å². The molecule has 0 bridgehead atoms. The van der Waals surface area contributed by atoms with Gasteiger partial charge < -0.3 is 10.3 Å². The fourth-order valence-electron chi connectivity index (χ4n) is 2.95. The number of rotatable bonds is 5. The van der Waals surface area contributed by atoms with Crippen LogP contribution in [0.5, 0.6) is 0 Å². The second-order valence-corrected chi connectivity index (χ2v) is 6.34. The van der Waals surface area contributed by atoms with Crippen molar-refractivity contribution in [1.29, 1.82) is 0 Å². The van der Waals surface area contributed by atoms with Crippen LogP contribution in [0.1, 0.15) is 11.5 Å². The Morgan fingerprint density at radius 2 is 1.52 bits per heavy atom. The first-order valence-corrected chi connectivity index (χ1v) is 8.95. The van der Waals surface area contributed by atoms with E-state index in [1.807, 2.05) is 0 Å². The third kappa shape index (κ3) is 3.83. The quantitative estimate of drug-likeness (QED) is 0.371. The molecule has 7 nitrogen and oxygen atoms in total. The molecule has 0 saturated heterocycles. The molecule has 4 N–H and O–H groups in total. The van der Waals surface area contributed by atoms with Gasteiger partial charge in [-0.3, -0.25) is 9.99 Å². The van der Waals surface area contributed by atoms with Crippen molar-refractivity contribution in [3.05, 3.63) is 95.9 Å². The summed E-state index contributed by atoms with van der Waals surface area (Å²) in [6.07, 6.45) is 2.98. The SMILES string of the molecule is N/C(=C(/c1ccncc1)N(N)c1ccccc1F)c1nc(-c2c(F)cccc2F)no1. The van der Waals surface area contributed by atoms with Gasteiger partial charge in [0.05, 0.1) is 16.9 Å². The van der Waals surface area contributed by atoms with Gasteiger partial charge in [-0.25, -0.2) is 19.0 Å². The van der Waals surface area contributed by atoms with E-state index < -0.39 is 23.0 Å². The average Bonchev–Trinajstić information content (AvgIpc) is 3.24. The number of benzene rings is 2. The molecule has 0 aliphatic carbocycles. The second-order valence-electron chi connectivity index (χ2n) is 6.34. The lowest BCUT2D eigenvalue weighted by Gasteiger charge is -2.23. The summed E-state index contributed by atoms with van der Waals surface area (Å²) in [4.78, 5) is 7.96. The minimum Gasteiger partial charge on any atom is -0.392 e. The Morgan fingerprint density at radius 3 is 2.19 bits per heavy atom. The summed E-state index contributed by atoms with van der Waals surface area (Å²) in [5, 5.41) is 4.65. The van der Waals surface area contributed by atoms with E-state index in [0.29, 0.717) is 5.56 Å². The van der Waals surface area contributed by atoms with Crippen LogP contribution < -0.4 is 16.6 Å². The Labute approximate surface area is 174 Å². The molecule has 0 amide bonds. The first-order valence-electron chi connectivity index (χ1n) is 8.95. The fraction of sp³-hybridized carbons (Fsp3) is 0. The molecule has 10 heteroatoms. The lowest BCUT2D eigenvalue weighted by atomic mass is 10.1. The van der Waals surface area contributed by atoms with Crippen molar-refractivity contribution in [2.45, 2.75) is 0 Å². The maximum absolute atomic E-state index is 14.4. The van der Waals surface area contributed by atoms with Gasteiger partial charge in [0.2, 0.25) is 5.82 Å².